The largest absolute Gasteiger partial charge is 0.404 e. The van der Waals surface area contributed by atoms with Crippen molar-refractivity contribution in [2.75, 3.05) is 0 Å². The van der Waals surface area contributed by atoms with Crippen LogP contribution in [-0.2, 0) is 6.54 Å². The summed E-state index contributed by atoms with van der Waals surface area (Å²) in [5.41, 5.74) is 1.55. The minimum absolute atomic E-state index is 0.0423. The number of nitro groups is 1. The van der Waals surface area contributed by atoms with Crippen molar-refractivity contribution in [2.24, 2.45) is 17.8 Å². The smallest absolute Gasteiger partial charge is 0.358 e. The molecule has 1 aromatic heterocycles. The number of benzene rings is 1. The molecule has 0 spiro atoms. The van der Waals surface area contributed by atoms with E-state index in [4.69, 9.17) is 0 Å². The van der Waals surface area contributed by atoms with Gasteiger partial charge in [-0.15, -0.1) is 0 Å². The predicted octanol–water partition coefficient (Wildman–Crippen LogP) is 4.16. The van der Waals surface area contributed by atoms with Gasteiger partial charge >= 0.3 is 5.82 Å². The summed E-state index contributed by atoms with van der Waals surface area (Å²) in [6.07, 6.45) is 6.83. The van der Waals surface area contributed by atoms with Gasteiger partial charge in [-0.1, -0.05) is 18.6 Å². The van der Waals surface area contributed by atoms with Crippen molar-refractivity contribution in [3.8, 4) is 0 Å². The van der Waals surface area contributed by atoms with Gasteiger partial charge in [0.2, 0.25) is 0 Å². The summed E-state index contributed by atoms with van der Waals surface area (Å²) in [5.74, 6) is 2.01. The lowest BCUT2D eigenvalue weighted by molar-refractivity contribution is -0.390. The Balaban J connectivity index is 1.36. The van der Waals surface area contributed by atoms with Crippen LogP contribution in [0.5, 0.6) is 0 Å². The number of amides is 1. The van der Waals surface area contributed by atoms with Gasteiger partial charge in [-0.05, 0) is 82.5 Å². The topological polar surface area (TPSA) is 90.1 Å². The molecule has 0 saturated heterocycles. The minimum Gasteiger partial charge on any atom is -0.358 e. The monoisotopic (exact) mass is 446 g/mol. The highest BCUT2D eigenvalue weighted by atomic mass is 79.9. The average molecular weight is 447 g/mol. The summed E-state index contributed by atoms with van der Waals surface area (Å²) >= 11 is 3.15. The van der Waals surface area contributed by atoms with Gasteiger partial charge < -0.3 is 15.4 Å². The highest BCUT2D eigenvalue weighted by Gasteiger charge is 2.42. The molecule has 4 rings (SSSR count). The van der Waals surface area contributed by atoms with E-state index < -0.39 is 4.92 Å². The summed E-state index contributed by atoms with van der Waals surface area (Å²) < 4.78 is 1.86. The SMILES string of the molecule is C[C@H](NC(=O)c1ccc(Cn2cc(Br)c([N+](=O)[O-])n2)cc1)[C@H]1C[C@@H]2CC[C@@H]1C2. The van der Waals surface area contributed by atoms with Crippen LogP contribution in [0.25, 0.3) is 0 Å². The van der Waals surface area contributed by atoms with Crippen molar-refractivity contribution in [3.05, 3.63) is 56.2 Å². The van der Waals surface area contributed by atoms with Crippen LogP contribution in [0.2, 0.25) is 0 Å². The molecule has 28 heavy (non-hydrogen) atoms. The van der Waals surface area contributed by atoms with Crippen molar-refractivity contribution < 1.29 is 9.72 Å². The number of hydrogen-bond acceptors (Lipinski definition) is 4. The van der Waals surface area contributed by atoms with Crippen molar-refractivity contribution in [3.63, 3.8) is 0 Å². The summed E-state index contributed by atoms with van der Waals surface area (Å²) in [5, 5.41) is 18.0. The fourth-order valence-corrected chi connectivity index (χ4v) is 5.30. The number of carbonyl (C=O) groups is 1. The lowest BCUT2D eigenvalue weighted by Crippen LogP contribution is -2.40. The Kier molecular flexibility index (Phi) is 5.23. The Hall–Kier alpha value is -2.22. The van der Waals surface area contributed by atoms with Gasteiger partial charge in [0.05, 0.1) is 17.8 Å². The molecule has 1 amide bonds. The zero-order valence-corrected chi connectivity index (χ0v) is 17.3. The molecule has 148 valence electrons. The maximum absolute atomic E-state index is 12.6. The number of rotatable bonds is 6. The molecule has 2 aromatic rings. The van der Waals surface area contributed by atoms with Gasteiger partial charge in [0.15, 0.2) is 0 Å². The first-order chi connectivity index (χ1) is 13.4. The normalized spacial score (nSPS) is 24.3. The molecule has 2 saturated carbocycles. The third kappa shape index (κ3) is 3.83. The van der Waals surface area contributed by atoms with Crippen molar-refractivity contribution in [1.29, 1.82) is 0 Å². The molecule has 1 aromatic carbocycles. The van der Waals surface area contributed by atoms with Crippen LogP contribution in [0.4, 0.5) is 5.82 Å². The van der Waals surface area contributed by atoms with Crippen LogP contribution in [-0.4, -0.2) is 26.7 Å². The third-order valence-electron chi connectivity index (χ3n) is 6.23. The first-order valence-electron chi connectivity index (χ1n) is 9.68. The molecule has 2 aliphatic rings. The fraction of sp³-hybridized carbons (Fsp3) is 0.500. The maximum atomic E-state index is 12.6. The Labute approximate surface area is 171 Å². The van der Waals surface area contributed by atoms with Crippen molar-refractivity contribution in [1.82, 2.24) is 15.1 Å². The fourth-order valence-electron chi connectivity index (χ4n) is 4.84. The van der Waals surface area contributed by atoms with E-state index in [1.807, 2.05) is 12.1 Å². The first kappa shape index (κ1) is 19.1. The first-order valence-corrected chi connectivity index (χ1v) is 10.5. The van der Waals surface area contributed by atoms with Crippen molar-refractivity contribution >= 4 is 27.7 Å². The zero-order valence-electron chi connectivity index (χ0n) is 15.7. The number of nitrogens with one attached hydrogen (secondary N) is 1. The molecule has 8 heteroatoms. The van der Waals surface area contributed by atoms with Gasteiger partial charge in [0.25, 0.3) is 5.91 Å². The molecule has 7 nitrogen and oxygen atoms in total. The molecule has 2 fully saturated rings. The van der Waals surface area contributed by atoms with Crippen LogP contribution >= 0.6 is 15.9 Å². The number of carbonyl (C=O) groups excluding carboxylic acids is 1. The second kappa shape index (κ2) is 7.66. The van der Waals surface area contributed by atoms with Gasteiger partial charge in [0.1, 0.15) is 4.47 Å². The molecule has 2 bridgehead atoms. The highest BCUT2D eigenvalue weighted by Crippen LogP contribution is 2.49. The van der Waals surface area contributed by atoms with E-state index in [2.05, 4.69) is 33.3 Å². The van der Waals surface area contributed by atoms with E-state index in [1.54, 1.807) is 18.3 Å². The van der Waals surface area contributed by atoms with E-state index >= 15 is 0 Å². The molecule has 0 radical (unpaired) electrons. The number of hydrogen-bond donors (Lipinski definition) is 1. The van der Waals surface area contributed by atoms with E-state index in [9.17, 15) is 14.9 Å². The Morgan fingerprint density at radius 3 is 2.68 bits per heavy atom. The molecule has 0 aliphatic heterocycles. The summed E-state index contributed by atoms with van der Waals surface area (Å²) in [4.78, 5) is 23.0. The number of fused-ring (bicyclic) bond motifs is 2. The summed E-state index contributed by atoms with van der Waals surface area (Å²) in [6, 6.07) is 7.51. The molecular formula is C20H23BrN4O3. The quantitative estimate of drug-likeness (QED) is 0.532. The number of aromatic nitrogens is 2. The Bertz CT molecular complexity index is 895. The van der Waals surface area contributed by atoms with E-state index in [0.29, 0.717) is 22.5 Å². The summed E-state index contributed by atoms with van der Waals surface area (Å²) in [7, 11) is 0. The average Bonchev–Trinajstić information content (AvgIpc) is 3.38. The lowest BCUT2D eigenvalue weighted by Gasteiger charge is -2.28. The number of nitrogens with zero attached hydrogens (tertiary/aromatic N) is 3. The van der Waals surface area contributed by atoms with E-state index in [0.717, 1.165) is 17.4 Å². The third-order valence-corrected chi connectivity index (χ3v) is 6.79. The molecule has 1 N–H and O–H groups in total. The maximum Gasteiger partial charge on any atom is 0.404 e. The minimum atomic E-state index is -0.522. The zero-order chi connectivity index (χ0) is 19.8. The molecule has 1 heterocycles. The molecule has 0 unspecified atom stereocenters. The van der Waals surface area contributed by atoms with Crippen LogP contribution in [0.3, 0.4) is 0 Å². The lowest BCUT2D eigenvalue weighted by atomic mass is 9.84. The van der Waals surface area contributed by atoms with Crippen LogP contribution in [0, 0.1) is 27.9 Å². The highest BCUT2D eigenvalue weighted by molar-refractivity contribution is 9.10. The van der Waals surface area contributed by atoms with Crippen LogP contribution in [0.15, 0.2) is 34.9 Å². The molecular weight excluding hydrogens is 424 g/mol. The van der Waals surface area contributed by atoms with Gasteiger partial charge in [-0.2, -0.15) is 4.68 Å². The van der Waals surface area contributed by atoms with Gasteiger partial charge in [-0.3, -0.25) is 4.79 Å². The van der Waals surface area contributed by atoms with Gasteiger partial charge in [-0.25, -0.2) is 0 Å². The molecule has 4 atom stereocenters. The second-order valence-corrected chi connectivity index (χ2v) is 8.91. The number of halogens is 1. The van der Waals surface area contributed by atoms with E-state index in [1.165, 1.54) is 30.4 Å². The Morgan fingerprint density at radius 2 is 2.11 bits per heavy atom. The van der Waals surface area contributed by atoms with Crippen molar-refractivity contribution in [2.45, 2.75) is 45.2 Å². The standard InChI is InChI=1S/C20H23BrN4O3/c1-12(17-9-14-4-7-16(17)8-14)22-20(26)15-5-2-13(3-6-15)10-24-11-18(21)19(23-24)25(27)28/h2-3,5-6,11-12,14,16-17H,4,7-10H2,1H3,(H,22,26)/t12-,14+,16+,17+/m0/s1. The van der Waals surface area contributed by atoms with E-state index in [-0.39, 0.29) is 17.8 Å². The molecule has 2 aliphatic carbocycles. The summed E-state index contributed by atoms with van der Waals surface area (Å²) in [6.45, 7) is 2.52. The van der Waals surface area contributed by atoms with Gasteiger partial charge in [0, 0.05) is 11.6 Å². The predicted molar refractivity (Wildman–Crippen MR) is 108 cm³/mol. The van der Waals surface area contributed by atoms with Crippen LogP contribution in [0.1, 0.15) is 48.5 Å². The Morgan fingerprint density at radius 1 is 1.36 bits per heavy atom. The van der Waals surface area contributed by atoms with Crippen LogP contribution < -0.4 is 5.32 Å². The second-order valence-electron chi connectivity index (χ2n) is 8.05.